The number of rotatable bonds is 4. The molecule has 3 aromatic rings. The van der Waals surface area contributed by atoms with Gasteiger partial charge in [-0.2, -0.15) is 10.4 Å². The highest BCUT2D eigenvalue weighted by Crippen LogP contribution is 2.41. The van der Waals surface area contributed by atoms with Gasteiger partial charge in [0.2, 0.25) is 0 Å². The predicted molar refractivity (Wildman–Crippen MR) is 123 cm³/mol. The monoisotopic (exact) mass is 443 g/mol. The summed E-state index contributed by atoms with van der Waals surface area (Å²) in [6.07, 6.45) is 3.93. The van der Waals surface area contributed by atoms with Crippen molar-refractivity contribution in [2.75, 3.05) is 13.1 Å². The van der Waals surface area contributed by atoms with Crippen molar-refractivity contribution in [2.24, 2.45) is 5.73 Å². The van der Waals surface area contributed by atoms with Gasteiger partial charge in [0.05, 0.1) is 17.3 Å². The summed E-state index contributed by atoms with van der Waals surface area (Å²) >= 11 is 0. The fraction of sp³-hybridized carbons (Fsp3) is 0.346. The summed E-state index contributed by atoms with van der Waals surface area (Å²) in [5.41, 5.74) is 10.3. The second-order valence-corrected chi connectivity index (χ2v) is 9.06. The molecule has 2 heterocycles. The fourth-order valence-corrected chi connectivity index (χ4v) is 4.62. The van der Waals surface area contributed by atoms with Crippen LogP contribution in [-0.2, 0) is 0 Å². The van der Waals surface area contributed by atoms with Crippen LogP contribution in [0.15, 0.2) is 42.5 Å². The van der Waals surface area contributed by atoms with E-state index in [0.717, 1.165) is 36.8 Å². The lowest BCUT2D eigenvalue weighted by molar-refractivity contribution is 0.0701. The predicted octanol–water partition coefficient (Wildman–Crippen LogP) is 4.30. The summed E-state index contributed by atoms with van der Waals surface area (Å²) in [4.78, 5) is 15.1. The van der Waals surface area contributed by atoms with E-state index in [4.69, 9.17) is 11.0 Å². The lowest BCUT2D eigenvalue weighted by Gasteiger charge is -2.30. The van der Waals surface area contributed by atoms with Crippen LogP contribution in [0.25, 0.3) is 16.9 Å². The summed E-state index contributed by atoms with van der Waals surface area (Å²) < 4.78 is 16.8. The highest BCUT2D eigenvalue weighted by molar-refractivity contribution is 5.96. The van der Waals surface area contributed by atoms with E-state index in [-0.39, 0.29) is 17.8 Å². The van der Waals surface area contributed by atoms with Crippen LogP contribution in [0, 0.1) is 24.1 Å². The largest absolute Gasteiger partial charge is 0.336 e. The molecule has 1 aromatic heterocycles. The number of benzene rings is 2. The molecule has 2 N–H and O–H groups in total. The molecule has 1 amide bonds. The molecule has 0 radical (unpaired) electrons. The maximum absolute atomic E-state index is 15.3. The number of nitrogens with zero attached hydrogens (tertiary/aromatic N) is 4. The van der Waals surface area contributed by atoms with Gasteiger partial charge in [0, 0.05) is 30.3 Å². The molecule has 1 saturated carbocycles. The van der Waals surface area contributed by atoms with Gasteiger partial charge in [-0.1, -0.05) is 18.2 Å². The number of carbonyl (C=O) groups excluding carboxylic acids is 1. The molecular formula is C26H26FN5O. The second kappa shape index (κ2) is 8.45. The minimum absolute atomic E-state index is 0.0458. The molecule has 33 heavy (non-hydrogen) atoms. The van der Waals surface area contributed by atoms with Crippen LogP contribution in [0.1, 0.15) is 58.8 Å². The topological polar surface area (TPSA) is 87.9 Å². The zero-order valence-electron chi connectivity index (χ0n) is 18.6. The third-order valence-corrected chi connectivity index (χ3v) is 6.61. The molecule has 5 rings (SSSR count). The SMILES string of the molecule is Cc1c(C(=O)N2CCCC(N)C2)nn(-c2ccc(C3CC3)cc2F)c1-c1ccc(C#N)cc1. The first-order chi connectivity index (χ1) is 16.0. The number of likely N-dealkylation sites (tertiary alicyclic amines) is 1. The minimum Gasteiger partial charge on any atom is -0.336 e. The van der Waals surface area contributed by atoms with Crippen molar-refractivity contribution in [2.45, 2.75) is 44.6 Å². The number of carbonyl (C=O) groups is 1. The van der Waals surface area contributed by atoms with Gasteiger partial charge >= 0.3 is 0 Å². The minimum atomic E-state index is -0.365. The van der Waals surface area contributed by atoms with E-state index in [1.165, 1.54) is 4.68 Å². The molecule has 1 saturated heterocycles. The van der Waals surface area contributed by atoms with Gasteiger partial charge in [0.1, 0.15) is 11.5 Å². The molecule has 0 bridgehead atoms. The Bertz CT molecular complexity index is 1250. The Hall–Kier alpha value is -3.50. The van der Waals surface area contributed by atoms with Gasteiger partial charge in [0.15, 0.2) is 5.69 Å². The molecule has 1 aliphatic carbocycles. The lowest BCUT2D eigenvalue weighted by Crippen LogP contribution is -2.46. The number of nitrogens with two attached hydrogens (primary N) is 1. The van der Waals surface area contributed by atoms with E-state index in [0.29, 0.717) is 47.2 Å². The maximum Gasteiger partial charge on any atom is 0.274 e. The third-order valence-electron chi connectivity index (χ3n) is 6.61. The second-order valence-electron chi connectivity index (χ2n) is 9.06. The molecule has 7 heteroatoms. The van der Waals surface area contributed by atoms with Gasteiger partial charge in [0.25, 0.3) is 5.91 Å². The standard InChI is InChI=1S/C26H26FN5O/c1-16-24(26(33)31-12-2-3-21(29)15-31)30-32(25(16)19-6-4-17(14-28)5-7-19)23-11-10-20(13-22(23)27)18-8-9-18/h4-7,10-11,13,18,21H,2-3,8-9,12,15,29H2,1H3. The molecule has 1 atom stereocenters. The van der Waals surface area contributed by atoms with Crippen LogP contribution < -0.4 is 5.73 Å². The van der Waals surface area contributed by atoms with Crippen molar-refractivity contribution in [1.82, 2.24) is 14.7 Å². The summed E-state index contributed by atoms with van der Waals surface area (Å²) in [5.74, 6) is -0.117. The molecule has 6 nitrogen and oxygen atoms in total. The molecule has 2 aliphatic rings. The number of amides is 1. The number of nitriles is 1. The van der Waals surface area contributed by atoms with Gasteiger partial charge in [-0.25, -0.2) is 9.07 Å². The third kappa shape index (κ3) is 4.03. The molecular weight excluding hydrogens is 417 g/mol. The Morgan fingerprint density at radius 1 is 1.18 bits per heavy atom. The van der Waals surface area contributed by atoms with Crippen LogP contribution in [0.3, 0.4) is 0 Å². The van der Waals surface area contributed by atoms with Crippen molar-refractivity contribution in [3.8, 4) is 23.0 Å². The summed E-state index contributed by atoms with van der Waals surface area (Å²) in [6, 6.07) is 14.4. The van der Waals surface area contributed by atoms with Crippen molar-refractivity contribution >= 4 is 5.91 Å². The van der Waals surface area contributed by atoms with Gasteiger partial charge < -0.3 is 10.6 Å². The summed E-state index contributed by atoms with van der Waals surface area (Å²) in [7, 11) is 0. The number of aromatic nitrogens is 2. The van der Waals surface area contributed by atoms with Gasteiger partial charge in [-0.15, -0.1) is 0 Å². The Labute approximate surface area is 192 Å². The van der Waals surface area contributed by atoms with E-state index >= 15 is 4.39 Å². The van der Waals surface area contributed by atoms with Crippen molar-refractivity contribution in [3.63, 3.8) is 0 Å². The van der Waals surface area contributed by atoms with Crippen LogP contribution >= 0.6 is 0 Å². The first kappa shape index (κ1) is 21.4. The van der Waals surface area contributed by atoms with Crippen molar-refractivity contribution in [3.05, 3.63) is 70.7 Å². The zero-order chi connectivity index (χ0) is 23.1. The number of halogens is 1. The number of piperidine rings is 1. The average Bonchev–Trinajstić information content (AvgIpc) is 3.62. The van der Waals surface area contributed by atoms with Crippen LogP contribution in [0.2, 0.25) is 0 Å². The molecule has 1 aliphatic heterocycles. The zero-order valence-corrected chi connectivity index (χ0v) is 18.6. The lowest BCUT2D eigenvalue weighted by atomic mass is 10.0. The normalized spacial score (nSPS) is 18.2. The van der Waals surface area contributed by atoms with Crippen LogP contribution in [0.4, 0.5) is 4.39 Å². The van der Waals surface area contributed by atoms with Crippen LogP contribution in [-0.4, -0.2) is 39.7 Å². The first-order valence-corrected chi connectivity index (χ1v) is 11.4. The van der Waals surface area contributed by atoms with Crippen LogP contribution in [0.5, 0.6) is 0 Å². The Morgan fingerprint density at radius 2 is 1.94 bits per heavy atom. The van der Waals surface area contributed by atoms with E-state index in [1.54, 1.807) is 41.3 Å². The molecule has 2 aromatic carbocycles. The Morgan fingerprint density at radius 3 is 2.58 bits per heavy atom. The van der Waals surface area contributed by atoms with E-state index in [1.807, 2.05) is 13.0 Å². The van der Waals surface area contributed by atoms with Crippen molar-refractivity contribution in [1.29, 1.82) is 5.26 Å². The van der Waals surface area contributed by atoms with E-state index in [9.17, 15) is 4.79 Å². The molecule has 168 valence electrons. The fourth-order valence-electron chi connectivity index (χ4n) is 4.62. The molecule has 1 unspecified atom stereocenters. The average molecular weight is 444 g/mol. The summed E-state index contributed by atoms with van der Waals surface area (Å²) in [5, 5.41) is 13.8. The summed E-state index contributed by atoms with van der Waals surface area (Å²) in [6.45, 7) is 2.96. The Kier molecular flexibility index (Phi) is 5.47. The first-order valence-electron chi connectivity index (χ1n) is 11.4. The van der Waals surface area contributed by atoms with E-state index in [2.05, 4.69) is 11.2 Å². The quantitative estimate of drug-likeness (QED) is 0.651. The molecule has 2 fully saturated rings. The van der Waals surface area contributed by atoms with Gasteiger partial charge in [-0.3, -0.25) is 4.79 Å². The van der Waals surface area contributed by atoms with Crippen molar-refractivity contribution < 1.29 is 9.18 Å². The van der Waals surface area contributed by atoms with Gasteiger partial charge in [-0.05, 0) is 68.4 Å². The highest BCUT2D eigenvalue weighted by atomic mass is 19.1. The maximum atomic E-state index is 15.3. The Balaban J connectivity index is 1.62. The molecule has 0 spiro atoms. The smallest absolute Gasteiger partial charge is 0.274 e. The number of hydrogen-bond acceptors (Lipinski definition) is 4. The number of hydrogen-bond donors (Lipinski definition) is 1. The highest BCUT2D eigenvalue weighted by Gasteiger charge is 2.30. The van der Waals surface area contributed by atoms with E-state index < -0.39 is 0 Å².